The van der Waals surface area contributed by atoms with Gasteiger partial charge in [0.05, 0.1) is 5.75 Å². The van der Waals surface area contributed by atoms with Crippen LogP contribution in [0.1, 0.15) is 30.5 Å². The standard InChI is InChI=1S/C29H32BrClN2O2S/c1-21(2)17-32-29(35)27(16-22-7-4-3-5-8-22)33(18-24-9-6-10-26(31)15-24)28(34)20-36-19-23-11-13-25(30)14-12-23/h3-15,21,27H,16-20H2,1-2H3,(H,32,35)/t27-/m0/s1. The van der Waals surface area contributed by atoms with Gasteiger partial charge < -0.3 is 10.2 Å². The molecule has 0 aliphatic carbocycles. The van der Waals surface area contributed by atoms with Crippen LogP contribution < -0.4 is 5.32 Å². The number of amides is 2. The van der Waals surface area contributed by atoms with Gasteiger partial charge in [-0.05, 0) is 46.9 Å². The summed E-state index contributed by atoms with van der Waals surface area (Å²) in [6.45, 7) is 4.98. The van der Waals surface area contributed by atoms with Crippen LogP contribution in [0.4, 0.5) is 0 Å². The van der Waals surface area contributed by atoms with Crippen molar-refractivity contribution in [1.82, 2.24) is 10.2 Å². The summed E-state index contributed by atoms with van der Waals surface area (Å²) in [5.74, 6) is 1.09. The van der Waals surface area contributed by atoms with Crippen LogP contribution in [0.15, 0.2) is 83.3 Å². The molecule has 0 heterocycles. The molecule has 0 bridgehead atoms. The zero-order valence-electron chi connectivity index (χ0n) is 20.6. The number of hydrogen-bond donors (Lipinski definition) is 1. The number of hydrogen-bond acceptors (Lipinski definition) is 3. The number of nitrogens with zero attached hydrogens (tertiary/aromatic N) is 1. The van der Waals surface area contributed by atoms with Crippen LogP contribution in [-0.4, -0.2) is 35.1 Å². The largest absolute Gasteiger partial charge is 0.354 e. The lowest BCUT2D eigenvalue weighted by atomic mass is 10.0. The Morgan fingerprint density at radius 1 is 0.944 bits per heavy atom. The van der Waals surface area contributed by atoms with Crippen LogP contribution >= 0.6 is 39.3 Å². The van der Waals surface area contributed by atoms with Crippen LogP contribution in [0.2, 0.25) is 5.02 Å². The second kappa shape index (κ2) is 14.5. The number of benzene rings is 3. The highest BCUT2D eigenvalue weighted by atomic mass is 79.9. The van der Waals surface area contributed by atoms with Crippen molar-refractivity contribution in [1.29, 1.82) is 0 Å². The minimum Gasteiger partial charge on any atom is -0.354 e. The number of thioether (sulfide) groups is 1. The van der Waals surface area contributed by atoms with Gasteiger partial charge in [0.2, 0.25) is 11.8 Å². The molecule has 3 aromatic carbocycles. The zero-order chi connectivity index (χ0) is 25.9. The van der Waals surface area contributed by atoms with Gasteiger partial charge in [0.25, 0.3) is 0 Å². The summed E-state index contributed by atoms with van der Waals surface area (Å²) in [4.78, 5) is 28.8. The molecule has 4 nitrogen and oxygen atoms in total. The van der Waals surface area contributed by atoms with Gasteiger partial charge >= 0.3 is 0 Å². The Labute approximate surface area is 231 Å². The summed E-state index contributed by atoms with van der Waals surface area (Å²) in [5, 5.41) is 3.66. The summed E-state index contributed by atoms with van der Waals surface area (Å²) in [5.41, 5.74) is 3.05. The Balaban J connectivity index is 1.83. The molecule has 3 rings (SSSR count). The van der Waals surface area contributed by atoms with Crippen LogP contribution in [0.25, 0.3) is 0 Å². The summed E-state index contributed by atoms with van der Waals surface area (Å²) in [6.07, 6.45) is 0.439. The highest BCUT2D eigenvalue weighted by Gasteiger charge is 2.30. The van der Waals surface area contributed by atoms with E-state index in [9.17, 15) is 9.59 Å². The first-order valence-electron chi connectivity index (χ1n) is 12.0. The maximum Gasteiger partial charge on any atom is 0.243 e. The van der Waals surface area contributed by atoms with Crippen LogP contribution in [0.5, 0.6) is 0 Å². The average Bonchev–Trinajstić information content (AvgIpc) is 2.86. The van der Waals surface area contributed by atoms with Gasteiger partial charge in [0.1, 0.15) is 6.04 Å². The van der Waals surface area contributed by atoms with E-state index in [-0.39, 0.29) is 17.6 Å². The lowest BCUT2D eigenvalue weighted by Gasteiger charge is -2.32. The number of nitrogens with one attached hydrogen (secondary N) is 1. The van der Waals surface area contributed by atoms with Gasteiger partial charge in [0.15, 0.2) is 0 Å². The highest BCUT2D eigenvalue weighted by molar-refractivity contribution is 9.10. The zero-order valence-corrected chi connectivity index (χ0v) is 23.8. The normalized spacial score (nSPS) is 11.8. The minimum absolute atomic E-state index is 0.0716. The van der Waals surface area contributed by atoms with E-state index in [4.69, 9.17) is 11.6 Å². The first kappa shape index (κ1) is 28.3. The molecule has 2 amide bonds. The first-order chi connectivity index (χ1) is 17.3. The Hall–Kier alpha value is -2.28. The lowest BCUT2D eigenvalue weighted by Crippen LogP contribution is -2.51. The molecule has 0 saturated carbocycles. The lowest BCUT2D eigenvalue weighted by molar-refractivity contribution is -0.139. The third kappa shape index (κ3) is 9.30. The average molecular weight is 588 g/mol. The van der Waals surface area contributed by atoms with E-state index < -0.39 is 6.04 Å². The molecule has 0 aliphatic heterocycles. The molecule has 0 aliphatic rings. The quantitative estimate of drug-likeness (QED) is 0.255. The molecule has 1 atom stereocenters. The van der Waals surface area contributed by atoms with E-state index in [1.54, 1.807) is 16.7 Å². The monoisotopic (exact) mass is 586 g/mol. The third-order valence-corrected chi connectivity index (χ3v) is 7.36. The Morgan fingerprint density at radius 3 is 2.31 bits per heavy atom. The molecule has 1 N–H and O–H groups in total. The third-order valence-electron chi connectivity index (χ3n) is 5.61. The van der Waals surface area contributed by atoms with Gasteiger partial charge in [-0.1, -0.05) is 96.0 Å². The predicted octanol–water partition coefficient (Wildman–Crippen LogP) is 6.75. The van der Waals surface area contributed by atoms with Crippen molar-refractivity contribution in [2.75, 3.05) is 12.3 Å². The van der Waals surface area contributed by atoms with Crippen molar-refractivity contribution in [3.63, 3.8) is 0 Å². The van der Waals surface area contributed by atoms with E-state index in [1.807, 2.05) is 78.9 Å². The molecular formula is C29H32BrClN2O2S. The summed E-state index contributed by atoms with van der Waals surface area (Å²) in [6, 6.07) is 24.8. The molecule has 7 heteroatoms. The van der Waals surface area contributed by atoms with Gasteiger partial charge in [-0.3, -0.25) is 9.59 Å². The molecule has 3 aromatic rings. The van der Waals surface area contributed by atoms with E-state index in [1.165, 1.54) is 0 Å². The van der Waals surface area contributed by atoms with E-state index in [2.05, 4.69) is 35.1 Å². The van der Waals surface area contributed by atoms with Crippen molar-refractivity contribution in [3.8, 4) is 0 Å². The Kier molecular flexibility index (Phi) is 11.4. The molecule has 0 unspecified atom stereocenters. The van der Waals surface area contributed by atoms with Crippen molar-refractivity contribution in [2.45, 2.75) is 38.6 Å². The fourth-order valence-corrected chi connectivity index (χ4v) is 5.08. The Morgan fingerprint density at radius 2 is 1.64 bits per heavy atom. The second-order valence-corrected chi connectivity index (χ2v) is 11.5. The second-order valence-electron chi connectivity index (χ2n) is 9.12. The van der Waals surface area contributed by atoms with E-state index in [0.29, 0.717) is 36.2 Å². The topological polar surface area (TPSA) is 49.4 Å². The van der Waals surface area contributed by atoms with Crippen molar-refractivity contribution in [3.05, 3.63) is 105 Å². The van der Waals surface area contributed by atoms with Crippen LogP contribution in [0, 0.1) is 5.92 Å². The number of carbonyl (C=O) groups is 2. The minimum atomic E-state index is -0.633. The fraction of sp³-hybridized carbons (Fsp3) is 0.310. The fourth-order valence-electron chi connectivity index (χ4n) is 3.73. The van der Waals surface area contributed by atoms with Crippen LogP contribution in [-0.2, 0) is 28.3 Å². The molecule has 0 spiro atoms. The van der Waals surface area contributed by atoms with Gasteiger partial charge in [-0.2, -0.15) is 0 Å². The Bertz CT molecular complexity index is 1130. The molecule has 0 radical (unpaired) electrons. The SMILES string of the molecule is CC(C)CNC(=O)[C@H](Cc1ccccc1)N(Cc1cccc(Cl)c1)C(=O)CSCc1ccc(Br)cc1. The number of rotatable bonds is 12. The first-order valence-corrected chi connectivity index (χ1v) is 14.3. The van der Waals surface area contributed by atoms with Crippen molar-refractivity contribution in [2.24, 2.45) is 5.92 Å². The number of carbonyl (C=O) groups excluding carboxylic acids is 2. The van der Waals surface area contributed by atoms with Crippen molar-refractivity contribution >= 4 is 51.1 Å². The molecule has 0 fully saturated rings. The highest BCUT2D eigenvalue weighted by Crippen LogP contribution is 2.21. The molecule has 190 valence electrons. The van der Waals surface area contributed by atoms with E-state index in [0.717, 1.165) is 21.2 Å². The molecule has 36 heavy (non-hydrogen) atoms. The maximum absolute atomic E-state index is 13.6. The molecule has 0 saturated heterocycles. The van der Waals surface area contributed by atoms with Crippen LogP contribution in [0.3, 0.4) is 0 Å². The summed E-state index contributed by atoms with van der Waals surface area (Å²) in [7, 11) is 0. The number of halogens is 2. The maximum atomic E-state index is 13.6. The van der Waals surface area contributed by atoms with Gasteiger partial charge in [-0.25, -0.2) is 0 Å². The summed E-state index contributed by atoms with van der Waals surface area (Å²) >= 11 is 11.2. The molecular weight excluding hydrogens is 556 g/mol. The van der Waals surface area contributed by atoms with Gasteiger partial charge in [0, 0.05) is 34.8 Å². The van der Waals surface area contributed by atoms with Gasteiger partial charge in [-0.15, -0.1) is 11.8 Å². The molecule has 0 aromatic heterocycles. The predicted molar refractivity (Wildman–Crippen MR) is 154 cm³/mol. The summed E-state index contributed by atoms with van der Waals surface area (Å²) < 4.78 is 1.02. The smallest absolute Gasteiger partial charge is 0.243 e. The van der Waals surface area contributed by atoms with Crippen molar-refractivity contribution < 1.29 is 9.59 Å². The van der Waals surface area contributed by atoms with E-state index >= 15 is 0 Å².